The van der Waals surface area contributed by atoms with Crippen molar-refractivity contribution in [2.75, 3.05) is 6.61 Å². The fourth-order valence-electron chi connectivity index (χ4n) is 2.38. The quantitative estimate of drug-likeness (QED) is 0.847. The molecule has 4 heteroatoms. The Hall–Kier alpha value is -0.610. The minimum Gasteiger partial charge on any atom is -0.493 e. The number of hydrogen-bond donors (Lipinski definition) is 1. The second-order valence-corrected chi connectivity index (χ2v) is 6.18. The number of rotatable bonds is 4. The van der Waals surface area contributed by atoms with Crippen LogP contribution in [-0.4, -0.2) is 11.6 Å². The fourth-order valence-corrected chi connectivity index (χ4v) is 2.89. The summed E-state index contributed by atoms with van der Waals surface area (Å²) in [6.45, 7) is 0.770. The van der Waals surface area contributed by atoms with Gasteiger partial charge in [-0.15, -0.1) is 0 Å². The van der Waals surface area contributed by atoms with Gasteiger partial charge in [0, 0.05) is 4.47 Å². The van der Waals surface area contributed by atoms with E-state index in [9.17, 15) is 0 Å². The summed E-state index contributed by atoms with van der Waals surface area (Å²) in [5.41, 5.74) is 6.53. The minimum atomic E-state index is 0.390. The van der Waals surface area contributed by atoms with Crippen LogP contribution in [0.1, 0.15) is 37.7 Å². The number of ether oxygens (including phenoxy) is 1. The van der Waals surface area contributed by atoms with Crippen LogP contribution in [0, 0.1) is 5.92 Å². The lowest BCUT2D eigenvalue weighted by Gasteiger charge is -2.22. The maximum atomic E-state index is 5.92. The van der Waals surface area contributed by atoms with Crippen LogP contribution in [0.4, 0.5) is 0 Å². The first-order valence-electron chi connectivity index (χ1n) is 6.39. The third kappa shape index (κ3) is 3.69. The van der Waals surface area contributed by atoms with Crippen molar-refractivity contribution in [1.82, 2.24) is 0 Å². The first-order chi connectivity index (χ1) is 8.66. The Morgan fingerprint density at radius 3 is 2.72 bits per heavy atom. The summed E-state index contributed by atoms with van der Waals surface area (Å²) in [6.07, 6.45) is 6.57. The number of hydrogen-bond acceptors (Lipinski definition) is 2. The summed E-state index contributed by atoms with van der Waals surface area (Å²) in [6, 6.07) is 5.78. The maximum Gasteiger partial charge on any atom is 0.130 e. The normalized spacial score (nSPS) is 16.5. The highest BCUT2D eigenvalue weighted by Crippen LogP contribution is 2.27. The van der Waals surface area contributed by atoms with Crippen molar-refractivity contribution in [3.63, 3.8) is 0 Å². The molecule has 0 unspecified atom stereocenters. The predicted molar refractivity (Wildman–Crippen MR) is 82.1 cm³/mol. The van der Waals surface area contributed by atoms with Gasteiger partial charge in [0.1, 0.15) is 10.7 Å². The van der Waals surface area contributed by atoms with E-state index in [-0.39, 0.29) is 0 Å². The van der Waals surface area contributed by atoms with Gasteiger partial charge < -0.3 is 10.5 Å². The van der Waals surface area contributed by atoms with Crippen molar-refractivity contribution < 1.29 is 4.74 Å². The van der Waals surface area contributed by atoms with Gasteiger partial charge in [-0.1, -0.05) is 47.4 Å². The lowest BCUT2D eigenvalue weighted by Crippen LogP contribution is -2.17. The molecule has 0 spiro atoms. The highest BCUT2D eigenvalue weighted by atomic mass is 79.9. The molecule has 0 aromatic heterocycles. The zero-order valence-corrected chi connectivity index (χ0v) is 12.7. The number of nitrogens with two attached hydrogens (primary N) is 1. The zero-order chi connectivity index (χ0) is 13.0. The topological polar surface area (TPSA) is 35.2 Å². The minimum absolute atomic E-state index is 0.390. The largest absolute Gasteiger partial charge is 0.493 e. The summed E-state index contributed by atoms with van der Waals surface area (Å²) in [5, 5.41) is 0. The molecule has 0 radical (unpaired) electrons. The molecule has 0 atom stereocenters. The summed E-state index contributed by atoms with van der Waals surface area (Å²) >= 11 is 8.49. The summed E-state index contributed by atoms with van der Waals surface area (Å²) in [4.78, 5) is 0.390. The van der Waals surface area contributed by atoms with Crippen molar-refractivity contribution in [1.29, 1.82) is 0 Å². The van der Waals surface area contributed by atoms with Gasteiger partial charge in [0.25, 0.3) is 0 Å². The molecule has 0 bridgehead atoms. The molecule has 1 aliphatic carbocycles. The molecule has 0 aliphatic heterocycles. The molecule has 1 saturated carbocycles. The van der Waals surface area contributed by atoms with Crippen LogP contribution in [0.3, 0.4) is 0 Å². The van der Waals surface area contributed by atoms with E-state index in [1.165, 1.54) is 32.1 Å². The number of halogens is 1. The third-order valence-electron chi connectivity index (χ3n) is 3.41. The second kappa shape index (κ2) is 6.53. The van der Waals surface area contributed by atoms with Crippen LogP contribution in [0.15, 0.2) is 22.7 Å². The molecular weight excluding hydrogens is 310 g/mol. The molecule has 2 N–H and O–H groups in total. The van der Waals surface area contributed by atoms with E-state index < -0.39 is 0 Å². The molecule has 2 nitrogen and oxygen atoms in total. The molecule has 98 valence electrons. The predicted octanol–water partition coefficient (Wildman–Crippen LogP) is 4.04. The summed E-state index contributed by atoms with van der Waals surface area (Å²) in [5.74, 6) is 1.47. The van der Waals surface area contributed by atoms with Gasteiger partial charge in [-0.25, -0.2) is 0 Å². The van der Waals surface area contributed by atoms with Crippen LogP contribution >= 0.6 is 28.1 Å². The summed E-state index contributed by atoms with van der Waals surface area (Å²) in [7, 11) is 0. The van der Waals surface area contributed by atoms with E-state index in [0.29, 0.717) is 10.9 Å². The Kier molecular flexibility index (Phi) is 5.01. The molecule has 18 heavy (non-hydrogen) atoms. The van der Waals surface area contributed by atoms with Crippen LogP contribution in [0.25, 0.3) is 0 Å². The molecule has 1 aromatic carbocycles. The van der Waals surface area contributed by atoms with Crippen LogP contribution in [0.5, 0.6) is 5.75 Å². The van der Waals surface area contributed by atoms with Crippen molar-refractivity contribution in [2.45, 2.75) is 32.1 Å². The van der Waals surface area contributed by atoms with Gasteiger partial charge in [0.15, 0.2) is 0 Å². The van der Waals surface area contributed by atoms with Crippen molar-refractivity contribution in [3.8, 4) is 5.75 Å². The van der Waals surface area contributed by atoms with E-state index in [1.807, 2.05) is 18.2 Å². The first kappa shape index (κ1) is 13.8. The SMILES string of the molecule is NC(=S)c1ccc(Br)cc1OCC1CCCCC1. The maximum absolute atomic E-state index is 5.92. The summed E-state index contributed by atoms with van der Waals surface area (Å²) < 4.78 is 6.91. The van der Waals surface area contributed by atoms with Gasteiger partial charge >= 0.3 is 0 Å². The van der Waals surface area contributed by atoms with Crippen LogP contribution < -0.4 is 10.5 Å². The highest BCUT2D eigenvalue weighted by Gasteiger charge is 2.15. The highest BCUT2D eigenvalue weighted by molar-refractivity contribution is 9.10. The molecule has 0 amide bonds. The van der Waals surface area contributed by atoms with Crippen LogP contribution in [-0.2, 0) is 0 Å². The van der Waals surface area contributed by atoms with E-state index in [0.717, 1.165) is 22.4 Å². The van der Waals surface area contributed by atoms with E-state index in [1.54, 1.807) is 0 Å². The standard InChI is InChI=1S/C14H18BrNOS/c15-11-6-7-12(14(16)18)13(8-11)17-9-10-4-2-1-3-5-10/h6-8,10H,1-5,9H2,(H2,16,18). The Morgan fingerprint density at radius 2 is 2.06 bits per heavy atom. The van der Waals surface area contributed by atoms with Gasteiger partial charge in [-0.3, -0.25) is 0 Å². The average Bonchev–Trinajstić information content (AvgIpc) is 2.37. The van der Waals surface area contributed by atoms with Crippen molar-refractivity contribution >= 4 is 33.1 Å². The smallest absolute Gasteiger partial charge is 0.130 e. The molecule has 1 fully saturated rings. The van der Waals surface area contributed by atoms with Gasteiger partial charge in [0.05, 0.1) is 12.2 Å². The van der Waals surface area contributed by atoms with E-state index in [2.05, 4.69) is 15.9 Å². The molecule has 2 rings (SSSR count). The van der Waals surface area contributed by atoms with Gasteiger partial charge in [0.2, 0.25) is 0 Å². The van der Waals surface area contributed by atoms with Crippen LogP contribution in [0.2, 0.25) is 0 Å². The van der Waals surface area contributed by atoms with E-state index >= 15 is 0 Å². The van der Waals surface area contributed by atoms with Crippen molar-refractivity contribution in [3.05, 3.63) is 28.2 Å². The monoisotopic (exact) mass is 327 g/mol. The zero-order valence-electron chi connectivity index (χ0n) is 10.3. The van der Waals surface area contributed by atoms with Crippen molar-refractivity contribution in [2.24, 2.45) is 11.7 Å². The molecule has 0 saturated heterocycles. The fraction of sp³-hybridized carbons (Fsp3) is 0.500. The molecule has 1 aliphatic rings. The lowest BCUT2D eigenvalue weighted by molar-refractivity contribution is 0.208. The van der Waals surface area contributed by atoms with Gasteiger partial charge in [-0.05, 0) is 37.0 Å². The molecular formula is C14H18BrNOS. The third-order valence-corrected chi connectivity index (χ3v) is 4.12. The molecule has 1 aromatic rings. The Balaban J connectivity index is 2.03. The van der Waals surface area contributed by atoms with Gasteiger partial charge in [-0.2, -0.15) is 0 Å². The second-order valence-electron chi connectivity index (χ2n) is 4.82. The number of thiocarbonyl (C=S) groups is 1. The number of benzene rings is 1. The lowest BCUT2D eigenvalue weighted by atomic mass is 9.90. The Bertz CT molecular complexity index is 430. The van der Waals surface area contributed by atoms with E-state index in [4.69, 9.17) is 22.7 Å². The Morgan fingerprint density at radius 1 is 1.33 bits per heavy atom. The Labute approximate surface area is 122 Å². The first-order valence-corrected chi connectivity index (χ1v) is 7.59. The molecule has 0 heterocycles. The average molecular weight is 328 g/mol.